The topological polar surface area (TPSA) is 13.1 Å². The zero-order valence-corrected chi connectivity index (χ0v) is 9.21. The Morgan fingerprint density at radius 2 is 1.91 bits per heavy atom. The molecule has 0 atom stereocenters. The van der Waals surface area contributed by atoms with Gasteiger partial charge in [0.1, 0.15) is 11.3 Å². The van der Waals surface area contributed by atoms with E-state index in [1.54, 1.807) is 0 Å². The molecule has 1 aromatic heterocycles. The standard InChI is InChI=1S/C9H8O.Y/c1-7-6-8-4-2-3-5-9(8)10-7;/h2-6H,1H3;. The molecule has 0 fully saturated rings. The second-order valence-electron chi connectivity index (χ2n) is 2.39. The van der Waals surface area contributed by atoms with Crippen LogP contribution in [-0.4, -0.2) is 0 Å². The van der Waals surface area contributed by atoms with Crippen LogP contribution >= 0.6 is 0 Å². The Labute approximate surface area is 90.7 Å². The second-order valence-corrected chi connectivity index (χ2v) is 2.39. The molecule has 0 aliphatic rings. The van der Waals surface area contributed by atoms with Gasteiger partial charge in [0.25, 0.3) is 0 Å². The van der Waals surface area contributed by atoms with Crippen LogP contribution in [-0.2, 0) is 32.7 Å². The quantitative estimate of drug-likeness (QED) is 0.666. The molecule has 0 aliphatic carbocycles. The minimum Gasteiger partial charge on any atom is -0.461 e. The number of rotatable bonds is 0. The summed E-state index contributed by atoms with van der Waals surface area (Å²) < 4.78 is 5.37. The van der Waals surface area contributed by atoms with Crippen molar-refractivity contribution in [3.63, 3.8) is 0 Å². The average molecular weight is 221 g/mol. The molecule has 1 aromatic carbocycles. The van der Waals surface area contributed by atoms with Crippen molar-refractivity contribution < 1.29 is 37.1 Å². The van der Waals surface area contributed by atoms with Gasteiger partial charge in [0.2, 0.25) is 0 Å². The molecule has 2 heteroatoms. The van der Waals surface area contributed by atoms with E-state index >= 15 is 0 Å². The van der Waals surface area contributed by atoms with Crippen LogP contribution in [0.5, 0.6) is 0 Å². The van der Waals surface area contributed by atoms with Gasteiger partial charge in [-0.2, -0.15) is 0 Å². The molecule has 0 N–H and O–H groups in total. The monoisotopic (exact) mass is 221 g/mol. The zero-order valence-electron chi connectivity index (χ0n) is 6.37. The molecule has 2 aromatic rings. The molecule has 0 saturated carbocycles. The van der Waals surface area contributed by atoms with Gasteiger partial charge in [-0.05, 0) is 19.1 Å². The van der Waals surface area contributed by atoms with E-state index in [0.29, 0.717) is 0 Å². The number of hydrogen-bond donors (Lipinski definition) is 0. The van der Waals surface area contributed by atoms with Crippen LogP contribution in [0.1, 0.15) is 5.76 Å². The summed E-state index contributed by atoms with van der Waals surface area (Å²) >= 11 is 0. The van der Waals surface area contributed by atoms with Gasteiger partial charge >= 0.3 is 0 Å². The first-order valence-corrected chi connectivity index (χ1v) is 3.31. The molecule has 1 nitrogen and oxygen atoms in total. The minimum absolute atomic E-state index is 0. The maximum absolute atomic E-state index is 5.37. The fraction of sp³-hybridized carbons (Fsp3) is 0.111. The van der Waals surface area contributed by atoms with Gasteiger partial charge < -0.3 is 4.42 Å². The second kappa shape index (κ2) is 3.51. The van der Waals surface area contributed by atoms with Crippen molar-refractivity contribution in [2.45, 2.75) is 6.92 Å². The Hall–Kier alpha value is -0.136. The van der Waals surface area contributed by atoms with Crippen LogP contribution in [0.15, 0.2) is 34.7 Å². The van der Waals surface area contributed by atoms with Gasteiger partial charge in [-0.25, -0.2) is 0 Å². The zero-order chi connectivity index (χ0) is 6.97. The van der Waals surface area contributed by atoms with Crippen molar-refractivity contribution >= 4 is 11.0 Å². The molecular formula is C9H8OY. The maximum atomic E-state index is 5.37. The van der Waals surface area contributed by atoms with E-state index < -0.39 is 0 Å². The third kappa shape index (κ3) is 1.71. The minimum atomic E-state index is 0. The summed E-state index contributed by atoms with van der Waals surface area (Å²) in [6.07, 6.45) is 0. The third-order valence-corrected chi connectivity index (χ3v) is 1.55. The fourth-order valence-corrected chi connectivity index (χ4v) is 1.11. The molecule has 1 heterocycles. The van der Waals surface area contributed by atoms with Crippen molar-refractivity contribution in [1.82, 2.24) is 0 Å². The number of furan rings is 1. The molecule has 2 rings (SSSR count). The third-order valence-electron chi connectivity index (χ3n) is 1.55. The van der Waals surface area contributed by atoms with E-state index in [1.165, 1.54) is 5.39 Å². The largest absolute Gasteiger partial charge is 0.461 e. The van der Waals surface area contributed by atoms with E-state index in [1.807, 2.05) is 37.3 Å². The van der Waals surface area contributed by atoms with E-state index in [0.717, 1.165) is 11.3 Å². The summed E-state index contributed by atoms with van der Waals surface area (Å²) in [7, 11) is 0. The maximum Gasteiger partial charge on any atom is 0.134 e. The first-order valence-electron chi connectivity index (χ1n) is 3.31. The molecule has 0 saturated heterocycles. The Morgan fingerprint density at radius 1 is 1.18 bits per heavy atom. The summed E-state index contributed by atoms with van der Waals surface area (Å²) in [5.41, 5.74) is 0.972. The number of para-hydroxylation sites is 1. The van der Waals surface area contributed by atoms with Gasteiger partial charge in [-0.15, -0.1) is 0 Å². The normalized spacial score (nSPS) is 9.55. The summed E-state index contributed by atoms with van der Waals surface area (Å²) in [5, 5.41) is 1.18. The molecule has 11 heavy (non-hydrogen) atoms. The molecule has 0 aliphatic heterocycles. The Bertz CT molecular complexity index is 318. The van der Waals surface area contributed by atoms with Crippen molar-refractivity contribution in [1.29, 1.82) is 0 Å². The van der Waals surface area contributed by atoms with Crippen molar-refractivity contribution in [3.8, 4) is 0 Å². The van der Waals surface area contributed by atoms with Gasteiger partial charge in [0.05, 0.1) is 0 Å². The molecule has 0 amide bonds. The van der Waals surface area contributed by atoms with Crippen LogP contribution in [0.2, 0.25) is 0 Å². The van der Waals surface area contributed by atoms with Crippen molar-refractivity contribution in [2.75, 3.05) is 0 Å². The van der Waals surface area contributed by atoms with Crippen molar-refractivity contribution in [3.05, 3.63) is 36.1 Å². The molecule has 53 valence electrons. The Morgan fingerprint density at radius 3 is 2.64 bits per heavy atom. The average Bonchev–Trinajstić information content (AvgIpc) is 2.27. The van der Waals surface area contributed by atoms with Crippen LogP contribution in [0.4, 0.5) is 0 Å². The predicted molar refractivity (Wildman–Crippen MR) is 41.0 cm³/mol. The number of benzene rings is 1. The van der Waals surface area contributed by atoms with E-state index in [-0.39, 0.29) is 32.7 Å². The summed E-state index contributed by atoms with van der Waals surface area (Å²) in [5.74, 6) is 0.973. The Kier molecular flexibility index (Phi) is 2.86. The van der Waals surface area contributed by atoms with Gasteiger partial charge in [-0.1, -0.05) is 18.2 Å². The summed E-state index contributed by atoms with van der Waals surface area (Å²) in [4.78, 5) is 0. The molecule has 0 spiro atoms. The molecule has 0 unspecified atom stereocenters. The Balaban J connectivity index is 0.000000605. The van der Waals surface area contributed by atoms with E-state index in [4.69, 9.17) is 4.42 Å². The molecule has 0 bridgehead atoms. The predicted octanol–water partition coefficient (Wildman–Crippen LogP) is 2.74. The first kappa shape index (κ1) is 8.96. The van der Waals surface area contributed by atoms with Gasteiger partial charge in [-0.3, -0.25) is 0 Å². The van der Waals surface area contributed by atoms with E-state index in [2.05, 4.69) is 0 Å². The van der Waals surface area contributed by atoms with Gasteiger partial charge in [0, 0.05) is 38.1 Å². The van der Waals surface area contributed by atoms with Crippen LogP contribution < -0.4 is 0 Å². The molecular weight excluding hydrogens is 213 g/mol. The number of fused-ring (bicyclic) bond motifs is 1. The van der Waals surface area contributed by atoms with Gasteiger partial charge in [0.15, 0.2) is 0 Å². The summed E-state index contributed by atoms with van der Waals surface area (Å²) in [6.45, 7) is 1.96. The number of hydrogen-bond acceptors (Lipinski definition) is 1. The summed E-state index contributed by atoms with van der Waals surface area (Å²) in [6, 6.07) is 10.0. The first-order chi connectivity index (χ1) is 4.86. The fourth-order valence-electron chi connectivity index (χ4n) is 1.11. The SMILES string of the molecule is Cc1cc2ccccc2o1.[Y]. The van der Waals surface area contributed by atoms with Crippen molar-refractivity contribution in [2.24, 2.45) is 0 Å². The smallest absolute Gasteiger partial charge is 0.134 e. The van der Waals surface area contributed by atoms with Crippen LogP contribution in [0, 0.1) is 6.92 Å². The van der Waals surface area contributed by atoms with Crippen LogP contribution in [0.25, 0.3) is 11.0 Å². The number of aryl methyl sites for hydroxylation is 1. The molecule has 1 radical (unpaired) electrons. The van der Waals surface area contributed by atoms with E-state index in [9.17, 15) is 0 Å². The van der Waals surface area contributed by atoms with Crippen LogP contribution in [0.3, 0.4) is 0 Å².